The van der Waals surface area contributed by atoms with Gasteiger partial charge >= 0.3 is 12.1 Å². The average Bonchev–Trinajstić information content (AvgIpc) is 3.04. The predicted octanol–water partition coefficient (Wildman–Crippen LogP) is 4.76. The van der Waals surface area contributed by atoms with Gasteiger partial charge in [-0.1, -0.05) is 23.2 Å². The second kappa shape index (κ2) is 9.69. The van der Waals surface area contributed by atoms with Crippen molar-refractivity contribution in [2.24, 2.45) is 0 Å². The fraction of sp³-hybridized carbons (Fsp3) is 0.500. The molecule has 1 aliphatic rings. The minimum Gasteiger partial charge on any atom is -0.467 e. The summed E-state index contributed by atoms with van der Waals surface area (Å²) < 4.78 is 20.9. The summed E-state index contributed by atoms with van der Waals surface area (Å²) in [5.41, 5.74) is 0.529. The molecule has 1 aliphatic heterocycles. The summed E-state index contributed by atoms with van der Waals surface area (Å²) in [6.07, 6.45) is 1.17. The van der Waals surface area contributed by atoms with E-state index < -0.39 is 23.7 Å². The molecule has 1 saturated heterocycles. The summed E-state index contributed by atoms with van der Waals surface area (Å²) in [4.78, 5) is 26.1. The van der Waals surface area contributed by atoms with Crippen LogP contribution in [0, 0.1) is 0 Å². The zero-order valence-corrected chi connectivity index (χ0v) is 18.6. The van der Waals surface area contributed by atoms with Crippen LogP contribution in [0.4, 0.5) is 4.79 Å². The number of likely N-dealkylation sites (tertiary alicyclic amines) is 1. The molecular formula is C20H25Cl2NO6. The van der Waals surface area contributed by atoms with Gasteiger partial charge in [-0.2, -0.15) is 0 Å². The second-order valence-electron chi connectivity index (χ2n) is 7.48. The summed E-state index contributed by atoms with van der Waals surface area (Å²) in [6, 6.07) is 2.73. The van der Waals surface area contributed by atoms with E-state index in [1.54, 1.807) is 32.9 Å². The van der Waals surface area contributed by atoms with Crippen LogP contribution in [0.25, 0.3) is 0 Å². The third kappa shape index (κ3) is 6.01. The summed E-state index contributed by atoms with van der Waals surface area (Å²) in [5.74, 6) is -0.0723. The summed E-state index contributed by atoms with van der Waals surface area (Å²) >= 11 is 12.7. The smallest absolute Gasteiger partial charge is 0.411 e. The molecule has 0 radical (unpaired) electrons. The van der Waals surface area contributed by atoms with Crippen LogP contribution in [0.2, 0.25) is 10.0 Å². The lowest BCUT2D eigenvalue weighted by Crippen LogP contribution is -2.36. The van der Waals surface area contributed by atoms with Crippen molar-refractivity contribution in [2.75, 3.05) is 27.6 Å². The van der Waals surface area contributed by atoms with E-state index in [4.69, 9.17) is 42.1 Å². The van der Waals surface area contributed by atoms with Crippen molar-refractivity contribution in [3.05, 3.63) is 39.4 Å². The highest BCUT2D eigenvalue weighted by atomic mass is 35.5. The van der Waals surface area contributed by atoms with E-state index in [0.29, 0.717) is 28.3 Å². The maximum Gasteiger partial charge on any atom is 0.411 e. The number of nitrogens with zero attached hydrogens (tertiary/aromatic N) is 1. The van der Waals surface area contributed by atoms with Crippen molar-refractivity contribution in [2.45, 2.75) is 38.8 Å². The third-order valence-corrected chi connectivity index (χ3v) is 4.93. The van der Waals surface area contributed by atoms with Gasteiger partial charge in [-0.3, -0.25) is 4.90 Å². The topological polar surface area (TPSA) is 74.3 Å². The van der Waals surface area contributed by atoms with E-state index >= 15 is 0 Å². The molecule has 9 heteroatoms. The van der Waals surface area contributed by atoms with Gasteiger partial charge in [0, 0.05) is 25.3 Å². The maximum absolute atomic E-state index is 12.9. The van der Waals surface area contributed by atoms with Crippen LogP contribution >= 0.6 is 23.2 Å². The minimum atomic E-state index is -0.691. The Labute approximate surface area is 180 Å². The number of carbonyl (C=O) groups is 2. The standard InChI is InChI=1S/C20H25Cl2NO6/c1-20(2,3)29-19(25)23-10-12(9-16(24)27-5)8-14(23)17-15(28-11-26-4)7-6-13(21)18(17)22/h6-7,9,14H,8,10-11H2,1-5H3/b12-9-/t14-/m1/s1. The van der Waals surface area contributed by atoms with E-state index in [2.05, 4.69) is 0 Å². The Hall–Kier alpha value is -1.96. The Morgan fingerprint density at radius 3 is 2.52 bits per heavy atom. The number of rotatable bonds is 5. The molecule has 0 bridgehead atoms. The fourth-order valence-electron chi connectivity index (χ4n) is 2.96. The van der Waals surface area contributed by atoms with Crippen LogP contribution in [-0.2, 0) is 19.0 Å². The molecule has 1 aromatic rings. The van der Waals surface area contributed by atoms with E-state index in [1.807, 2.05) is 0 Å². The van der Waals surface area contributed by atoms with Crippen molar-refractivity contribution in [1.29, 1.82) is 0 Å². The molecule has 7 nitrogen and oxygen atoms in total. The van der Waals surface area contributed by atoms with Crippen molar-refractivity contribution in [3.63, 3.8) is 0 Å². The molecule has 160 valence electrons. The van der Waals surface area contributed by atoms with Crippen LogP contribution in [0.5, 0.6) is 5.75 Å². The first-order valence-corrected chi connectivity index (χ1v) is 9.69. The predicted molar refractivity (Wildman–Crippen MR) is 109 cm³/mol. The quantitative estimate of drug-likeness (QED) is 0.369. The molecule has 1 atom stereocenters. The van der Waals surface area contributed by atoms with Gasteiger partial charge in [-0.05, 0) is 44.9 Å². The van der Waals surface area contributed by atoms with Gasteiger partial charge in [0.2, 0.25) is 0 Å². The molecule has 0 unspecified atom stereocenters. The molecular weight excluding hydrogens is 421 g/mol. The van der Waals surface area contributed by atoms with Crippen molar-refractivity contribution in [3.8, 4) is 5.75 Å². The lowest BCUT2D eigenvalue weighted by atomic mass is 10.0. The molecule has 0 aliphatic carbocycles. The lowest BCUT2D eigenvalue weighted by Gasteiger charge is -2.30. The Balaban J connectivity index is 2.50. The average molecular weight is 446 g/mol. The number of amides is 1. The molecule has 0 spiro atoms. The number of halogens is 2. The molecule has 0 aromatic heterocycles. The Morgan fingerprint density at radius 1 is 1.24 bits per heavy atom. The van der Waals surface area contributed by atoms with Gasteiger partial charge in [-0.25, -0.2) is 9.59 Å². The van der Waals surface area contributed by atoms with Gasteiger partial charge < -0.3 is 18.9 Å². The highest BCUT2D eigenvalue weighted by Crippen LogP contribution is 2.45. The van der Waals surface area contributed by atoms with Gasteiger partial charge in [0.15, 0.2) is 6.79 Å². The number of hydrogen-bond acceptors (Lipinski definition) is 6. The molecule has 1 heterocycles. The van der Waals surface area contributed by atoms with E-state index in [9.17, 15) is 9.59 Å². The fourth-order valence-corrected chi connectivity index (χ4v) is 3.41. The SMILES string of the molecule is COCOc1ccc(Cl)c(Cl)c1[C@H]1C/C(=C/C(=O)OC)CN1C(=O)OC(C)(C)C. The molecule has 1 aromatic carbocycles. The van der Waals surface area contributed by atoms with Crippen LogP contribution in [-0.4, -0.2) is 50.1 Å². The van der Waals surface area contributed by atoms with Gasteiger partial charge in [0.25, 0.3) is 0 Å². The molecule has 0 N–H and O–H groups in total. The number of hydrogen-bond donors (Lipinski definition) is 0. The van der Waals surface area contributed by atoms with Gasteiger partial charge in [0.1, 0.15) is 11.4 Å². The molecule has 29 heavy (non-hydrogen) atoms. The van der Waals surface area contributed by atoms with Crippen molar-refractivity contribution >= 4 is 35.3 Å². The lowest BCUT2D eigenvalue weighted by molar-refractivity contribution is -0.134. The molecule has 2 rings (SSSR count). The third-order valence-electron chi connectivity index (χ3n) is 4.11. The highest BCUT2D eigenvalue weighted by Gasteiger charge is 2.39. The van der Waals surface area contributed by atoms with Crippen molar-refractivity contribution in [1.82, 2.24) is 4.90 Å². The first kappa shape index (κ1) is 23.3. The number of benzene rings is 1. The van der Waals surface area contributed by atoms with Gasteiger partial charge in [0.05, 0.1) is 23.2 Å². The monoisotopic (exact) mass is 445 g/mol. The van der Waals surface area contributed by atoms with Crippen molar-refractivity contribution < 1.29 is 28.5 Å². The minimum absolute atomic E-state index is 0.00498. The van der Waals surface area contributed by atoms with E-state index in [1.165, 1.54) is 25.2 Å². The first-order chi connectivity index (χ1) is 13.6. The van der Waals surface area contributed by atoms with Crippen LogP contribution in [0.1, 0.15) is 38.8 Å². The second-order valence-corrected chi connectivity index (χ2v) is 8.26. The van der Waals surface area contributed by atoms with Gasteiger partial charge in [-0.15, -0.1) is 0 Å². The van der Waals surface area contributed by atoms with Crippen LogP contribution in [0.3, 0.4) is 0 Å². The number of ether oxygens (including phenoxy) is 4. The Morgan fingerprint density at radius 2 is 1.93 bits per heavy atom. The zero-order valence-electron chi connectivity index (χ0n) is 17.1. The molecule has 1 fully saturated rings. The van der Waals surface area contributed by atoms with Crippen LogP contribution in [0.15, 0.2) is 23.8 Å². The summed E-state index contributed by atoms with van der Waals surface area (Å²) in [5, 5.41) is 0.583. The van der Waals surface area contributed by atoms with Crippen LogP contribution < -0.4 is 4.74 Å². The Kier molecular flexibility index (Phi) is 7.80. The summed E-state index contributed by atoms with van der Waals surface area (Å²) in [7, 11) is 2.79. The van der Waals surface area contributed by atoms with E-state index in [-0.39, 0.29) is 18.4 Å². The maximum atomic E-state index is 12.9. The number of methoxy groups -OCH3 is 2. The highest BCUT2D eigenvalue weighted by molar-refractivity contribution is 6.42. The Bertz CT molecular complexity index is 803. The molecule has 1 amide bonds. The molecule has 0 saturated carbocycles. The number of carbonyl (C=O) groups excluding carboxylic acids is 2. The summed E-state index contributed by atoms with van der Waals surface area (Å²) in [6.45, 7) is 5.51. The number of esters is 1. The first-order valence-electron chi connectivity index (χ1n) is 8.94. The normalized spacial score (nSPS) is 18.1. The zero-order chi connectivity index (χ0) is 21.8. The largest absolute Gasteiger partial charge is 0.467 e. The van der Waals surface area contributed by atoms with E-state index in [0.717, 1.165) is 0 Å².